The van der Waals surface area contributed by atoms with Gasteiger partial charge in [0, 0.05) is 12.2 Å². The summed E-state index contributed by atoms with van der Waals surface area (Å²) in [5.41, 5.74) is 0.447. The lowest BCUT2D eigenvalue weighted by atomic mass is 10.3. The Kier molecular flexibility index (Phi) is 6.57. The number of halogens is 1. The monoisotopic (exact) mass is 332 g/mol. The summed E-state index contributed by atoms with van der Waals surface area (Å²) in [4.78, 5) is 13.7. The van der Waals surface area contributed by atoms with Crippen molar-refractivity contribution in [1.82, 2.24) is 4.90 Å². The number of hydrogen-bond donors (Lipinski definition) is 1. The molecule has 0 aliphatic carbocycles. The summed E-state index contributed by atoms with van der Waals surface area (Å²) in [7, 11) is 3.43. The Labute approximate surface area is 141 Å². The predicted octanol–water partition coefficient (Wildman–Crippen LogP) is 2.78. The molecule has 2 aromatic carbocycles. The van der Waals surface area contributed by atoms with Gasteiger partial charge < -0.3 is 14.8 Å². The Hall–Kier alpha value is -2.60. The van der Waals surface area contributed by atoms with E-state index >= 15 is 0 Å². The molecule has 6 heteroatoms. The molecule has 0 spiro atoms. The first kappa shape index (κ1) is 17.7. The molecule has 0 saturated heterocycles. The second-order valence-electron chi connectivity index (χ2n) is 5.32. The number of anilines is 1. The van der Waals surface area contributed by atoms with Gasteiger partial charge in [0.05, 0.1) is 13.7 Å². The van der Waals surface area contributed by atoms with E-state index in [1.54, 1.807) is 19.2 Å². The van der Waals surface area contributed by atoms with E-state index in [4.69, 9.17) is 9.47 Å². The second-order valence-corrected chi connectivity index (χ2v) is 5.32. The molecule has 0 heterocycles. The Bertz CT molecular complexity index is 662. The molecule has 0 radical (unpaired) electrons. The van der Waals surface area contributed by atoms with Gasteiger partial charge in [-0.05, 0) is 49.5 Å². The zero-order valence-electron chi connectivity index (χ0n) is 13.8. The largest absolute Gasteiger partial charge is 0.497 e. The number of ether oxygens (including phenoxy) is 2. The fourth-order valence-corrected chi connectivity index (χ4v) is 2.08. The van der Waals surface area contributed by atoms with E-state index in [0.717, 1.165) is 11.5 Å². The summed E-state index contributed by atoms with van der Waals surface area (Å²) in [6.07, 6.45) is 0. The lowest BCUT2D eigenvalue weighted by Gasteiger charge is -2.16. The minimum absolute atomic E-state index is 0.197. The number of nitrogens with one attached hydrogen (secondary N) is 1. The summed E-state index contributed by atoms with van der Waals surface area (Å²) in [6, 6.07) is 13.1. The second kappa shape index (κ2) is 8.88. The molecular formula is C18H21FN2O3. The SMILES string of the molecule is COc1ccc(OCCN(C)CC(=O)Nc2cccc(F)c2)cc1. The normalized spacial score (nSPS) is 10.5. The molecule has 24 heavy (non-hydrogen) atoms. The van der Waals surface area contributed by atoms with E-state index in [1.165, 1.54) is 12.1 Å². The Morgan fingerprint density at radius 3 is 2.54 bits per heavy atom. The number of rotatable bonds is 8. The fraction of sp³-hybridized carbons (Fsp3) is 0.278. The number of benzene rings is 2. The third-order valence-corrected chi connectivity index (χ3v) is 3.32. The molecular weight excluding hydrogens is 311 g/mol. The first-order valence-electron chi connectivity index (χ1n) is 7.57. The standard InChI is InChI=1S/C18H21FN2O3/c1-21(10-11-24-17-8-6-16(23-2)7-9-17)13-18(22)20-15-5-3-4-14(19)12-15/h3-9,12H,10-11,13H2,1-2H3,(H,20,22). The molecule has 1 amide bonds. The molecule has 1 N–H and O–H groups in total. The third-order valence-electron chi connectivity index (χ3n) is 3.32. The number of amides is 1. The zero-order valence-corrected chi connectivity index (χ0v) is 13.8. The van der Waals surface area contributed by atoms with Crippen molar-refractivity contribution < 1.29 is 18.7 Å². The molecule has 128 valence electrons. The number of methoxy groups -OCH3 is 1. The van der Waals surface area contributed by atoms with Crippen LogP contribution in [0, 0.1) is 5.82 Å². The van der Waals surface area contributed by atoms with Gasteiger partial charge in [0.15, 0.2) is 0 Å². The maximum atomic E-state index is 13.1. The number of hydrogen-bond acceptors (Lipinski definition) is 4. The maximum Gasteiger partial charge on any atom is 0.238 e. The topological polar surface area (TPSA) is 50.8 Å². The van der Waals surface area contributed by atoms with Crippen molar-refractivity contribution >= 4 is 11.6 Å². The molecule has 2 aromatic rings. The van der Waals surface area contributed by atoms with Gasteiger partial charge >= 0.3 is 0 Å². The van der Waals surface area contributed by atoms with Crippen molar-refractivity contribution in [2.75, 3.05) is 39.2 Å². The highest BCUT2D eigenvalue weighted by Gasteiger charge is 2.07. The van der Waals surface area contributed by atoms with Crippen LogP contribution in [0.5, 0.6) is 11.5 Å². The Morgan fingerprint density at radius 1 is 1.17 bits per heavy atom. The summed E-state index contributed by atoms with van der Waals surface area (Å²) in [6.45, 7) is 1.24. The van der Waals surface area contributed by atoms with Crippen molar-refractivity contribution in [3.8, 4) is 11.5 Å². The fourth-order valence-electron chi connectivity index (χ4n) is 2.08. The molecule has 0 unspecified atom stereocenters. The highest BCUT2D eigenvalue weighted by Crippen LogP contribution is 2.16. The molecule has 0 aliphatic heterocycles. The number of nitrogens with zero attached hydrogens (tertiary/aromatic N) is 1. The van der Waals surface area contributed by atoms with Crippen LogP contribution in [0.1, 0.15) is 0 Å². The van der Waals surface area contributed by atoms with Gasteiger partial charge in [-0.3, -0.25) is 9.69 Å². The van der Waals surface area contributed by atoms with Crippen molar-refractivity contribution in [2.45, 2.75) is 0 Å². The molecule has 0 aromatic heterocycles. The van der Waals surface area contributed by atoms with Crippen LogP contribution in [0.4, 0.5) is 10.1 Å². The Balaban J connectivity index is 1.70. The third kappa shape index (κ3) is 5.89. The highest BCUT2D eigenvalue weighted by molar-refractivity contribution is 5.92. The van der Waals surface area contributed by atoms with Crippen LogP contribution in [-0.2, 0) is 4.79 Å². The van der Waals surface area contributed by atoms with E-state index in [2.05, 4.69) is 5.32 Å². The molecule has 0 aliphatic rings. The molecule has 0 bridgehead atoms. The molecule has 2 rings (SSSR count). The first-order chi connectivity index (χ1) is 11.6. The molecule has 0 saturated carbocycles. The zero-order chi connectivity index (χ0) is 17.4. The van der Waals surface area contributed by atoms with E-state index in [1.807, 2.05) is 36.2 Å². The van der Waals surface area contributed by atoms with Gasteiger partial charge in [0.2, 0.25) is 5.91 Å². The van der Waals surface area contributed by atoms with Gasteiger partial charge in [-0.15, -0.1) is 0 Å². The average Bonchev–Trinajstić information content (AvgIpc) is 2.55. The number of likely N-dealkylation sites (N-methyl/N-ethyl adjacent to an activating group) is 1. The van der Waals surface area contributed by atoms with E-state index < -0.39 is 0 Å². The summed E-state index contributed by atoms with van der Waals surface area (Å²) in [5.74, 6) is 0.934. The summed E-state index contributed by atoms with van der Waals surface area (Å²) >= 11 is 0. The van der Waals surface area contributed by atoms with Gasteiger partial charge in [0.1, 0.15) is 23.9 Å². The summed E-state index contributed by atoms with van der Waals surface area (Å²) < 4.78 is 23.8. The van der Waals surface area contributed by atoms with Crippen molar-refractivity contribution in [2.24, 2.45) is 0 Å². The Morgan fingerprint density at radius 2 is 1.88 bits per heavy atom. The van der Waals surface area contributed by atoms with E-state index in [9.17, 15) is 9.18 Å². The van der Waals surface area contributed by atoms with Crippen molar-refractivity contribution in [1.29, 1.82) is 0 Å². The van der Waals surface area contributed by atoms with Gasteiger partial charge in [0.25, 0.3) is 0 Å². The van der Waals surface area contributed by atoms with E-state index in [0.29, 0.717) is 18.8 Å². The van der Waals surface area contributed by atoms with Crippen LogP contribution in [-0.4, -0.2) is 44.7 Å². The van der Waals surface area contributed by atoms with Crippen LogP contribution in [0.3, 0.4) is 0 Å². The predicted molar refractivity (Wildman–Crippen MR) is 91.0 cm³/mol. The van der Waals surface area contributed by atoms with Crippen LogP contribution in [0.2, 0.25) is 0 Å². The van der Waals surface area contributed by atoms with Crippen LogP contribution < -0.4 is 14.8 Å². The van der Waals surface area contributed by atoms with Crippen molar-refractivity contribution in [3.63, 3.8) is 0 Å². The van der Waals surface area contributed by atoms with Gasteiger partial charge in [-0.25, -0.2) is 4.39 Å². The van der Waals surface area contributed by atoms with E-state index in [-0.39, 0.29) is 18.3 Å². The molecule has 0 fully saturated rings. The maximum absolute atomic E-state index is 13.1. The van der Waals surface area contributed by atoms with Crippen LogP contribution >= 0.6 is 0 Å². The highest BCUT2D eigenvalue weighted by atomic mass is 19.1. The van der Waals surface area contributed by atoms with Crippen LogP contribution in [0.15, 0.2) is 48.5 Å². The molecule has 0 atom stereocenters. The smallest absolute Gasteiger partial charge is 0.238 e. The first-order valence-corrected chi connectivity index (χ1v) is 7.57. The van der Waals surface area contributed by atoms with Gasteiger partial charge in [-0.2, -0.15) is 0 Å². The minimum atomic E-state index is -0.381. The average molecular weight is 332 g/mol. The lowest BCUT2D eigenvalue weighted by Crippen LogP contribution is -2.33. The minimum Gasteiger partial charge on any atom is -0.497 e. The van der Waals surface area contributed by atoms with Crippen molar-refractivity contribution in [3.05, 3.63) is 54.3 Å². The number of carbonyl (C=O) groups is 1. The van der Waals surface area contributed by atoms with Crippen LogP contribution in [0.25, 0.3) is 0 Å². The summed E-state index contributed by atoms with van der Waals surface area (Å²) in [5, 5.41) is 2.66. The quantitative estimate of drug-likeness (QED) is 0.808. The number of carbonyl (C=O) groups excluding carboxylic acids is 1. The molecule has 5 nitrogen and oxygen atoms in total. The lowest BCUT2D eigenvalue weighted by molar-refractivity contribution is -0.117. The van der Waals surface area contributed by atoms with Gasteiger partial charge in [-0.1, -0.05) is 6.07 Å².